The fourth-order valence-corrected chi connectivity index (χ4v) is 4.26. The van der Waals surface area contributed by atoms with E-state index in [0.29, 0.717) is 45.5 Å². The number of ether oxygens (including phenoxy) is 3. The molecule has 0 radical (unpaired) electrons. The number of hydrazone groups is 1. The van der Waals surface area contributed by atoms with Crippen LogP contribution in [0, 0.1) is 6.92 Å². The first-order valence-corrected chi connectivity index (χ1v) is 12.1. The predicted octanol–water partition coefficient (Wildman–Crippen LogP) is 6.68. The largest absolute Gasteiger partial charge is 0.493 e. The van der Waals surface area contributed by atoms with E-state index in [-0.39, 0.29) is 5.91 Å². The van der Waals surface area contributed by atoms with Crippen LogP contribution in [0.3, 0.4) is 0 Å². The summed E-state index contributed by atoms with van der Waals surface area (Å²) in [4.78, 5) is 13.0. The lowest BCUT2D eigenvalue weighted by Gasteiger charge is -2.14. The number of methoxy groups -OCH3 is 1. The Morgan fingerprint density at radius 3 is 2.49 bits per heavy atom. The molecule has 0 saturated heterocycles. The molecule has 1 aliphatic rings. The minimum atomic E-state index is -0.182. The molecule has 1 heterocycles. The fraction of sp³-hybridized carbons (Fsp3) is 0.185. The molecule has 1 aliphatic heterocycles. The zero-order chi connectivity index (χ0) is 24.9. The van der Waals surface area contributed by atoms with Gasteiger partial charge in [-0.25, -0.2) is 0 Å². The van der Waals surface area contributed by atoms with Crippen molar-refractivity contribution in [2.45, 2.75) is 13.8 Å². The topological polar surface area (TPSA) is 60.4 Å². The molecule has 0 aromatic heterocycles. The van der Waals surface area contributed by atoms with Crippen LogP contribution in [0.1, 0.15) is 18.1 Å². The maximum atomic E-state index is 13.0. The highest BCUT2D eigenvalue weighted by atomic mass is 79.9. The van der Waals surface area contributed by atoms with Crippen molar-refractivity contribution < 1.29 is 19.0 Å². The molecule has 0 N–H and O–H groups in total. The van der Waals surface area contributed by atoms with Gasteiger partial charge in [-0.2, -0.15) is 10.1 Å². The number of hydrogen-bond donors (Lipinski definition) is 0. The minimum Gasteiger partial charge on any atom is -0.493 e. The number of hydrogen-bond acceptors (Lipinski definition) is 5. The van der Waals surface area contributed by atoms with Crippen molar-refractivity contribution in [3.05, 3.63) is 86.9 Å². The van der Waals surface area contributed by atoms with Crippen LogP contribution in [0.25, 0.3) is 6.08 Å². The average molecular weight is 556 g/mol. The highest BCUT2D eigenvalue weighted by molar-refractivity contribution is 9.10. The number of rotatable bonds is 8. The molecule has 8 heteroatoms. The summed E-state index contributed by atoms with van der Waals surface area (Å²) in [7, 11) is 1.57. The third-order valence-electron chi connectivity index (χ3n) is 5.35. The highest BCUT2D eigenvalue weighted by Gasteiger charge is 2.28. The molecule has 0 aliphatic carbocycles. The Bertz CT molecular complexity index is 1310. The first kappa shape index (κ1) is 24.8. The fourth-order valence-electron chi connectivity index (χ4n) is 3.57. The van der Waals surface area contributed by atoms with E-state index in [9.17, 15) is 4.79 Å². The van der Waals surface area contributed by atoms with E-state index in [1.165, 1.54) is 5.01 Å². The number of anilines is 1. The van der Waals surface area contributed by atoms with E-state index in [1.54, 1.807) is 19.3 Å². The summed E-state index contributed by atoms with van der Waals surface area (Å²) >= 11 is 9.63. The van der Waals surface area contributed by atoms with Crippen LogP contribution in [0.4, 0.5) is 5.69 Å². The molecule has 180 valence electrons. The van der Waals surface area contributed by atoms with Gasteiger partial charge < -0.3 is 14.2 Å². The quantitative estimate of drug-likeness (QED) is 0.230. The molecular weight excluding hydrogens is 532 g/mol. The Morgan fingerprint density at radius 2 is 1.77 bits per heavy atom. The SMILES string of the molecule is COc1cc(/C=C2/C(=O)N(c3ccccc3)N=C2C)cc(Br)c1OCCOc1ccc(Cl)c(C)c1. The van der Waals surface area contributed by atoms with Gasteiger partial charge in [-0.1, -0.05) is 29.8 Å². The second-order valence-electron chi connectivity index (χ2n) is 7.84. The number of amides is 1. The van der Waals surface area contributed by atoms with Crippen LogP contribution in [-0.2, 0) is 4.79 Å². The Balaban J connectivity index is 1.46. The summed E-state index contributed by atoms with van der Waals surface area (Å²) in [6, 6.07) is 18.5. The lowest BCUT2D eigenvalue weighted by atomic mass is 10.1. The van der Waals surface area contributed by atoms with Gasteiger partial charge >= 0.3 is 0 Å². The molecule has 1 amide bonds. The second kappa shape index (κ2) is 11.0. The number of halogens is 2. The van der Waals surface area contributed by atoms with Crippen LogP contribution in [-0.4, -0.2) is 31.9 Å². The first-order chi connectivity index (χ1) is 16.9. The number of carbonyl (C=O) groups is 1. The monoisotopic (exact) mass is 554 g/mol. The molecule has 0 unspecified atom stereocenters. The second-order valence-corrected chi connectivity index (χ2v) is 9.10. The maximum Gasteiger partial charge on any atom is 0.280 e. The zero-order valence-electron chi connectivity index (χ0n) is 19.5. The van der Waals surface area contributed by atoms with Crippen LogP contribution >= 0.6 is 27.5 Å². The summed E-state index contributed by atoms with van der Waals surface area (Å²) in [6.07, 6.45) is 1.80. The van der Waals surface area contributed by atoms with Crippen LogP contribution in [0.2, 0.25) is 5.02 Å². The molecule has 0 atom stereocenters. The zero-order valence-corrected chi connectivity index (χ0v) is 21.9. The molecule has 0 saturated carbocycles. The van der Waals surface area contributed by atoms with Crippen molar-refractivity contribution in [3.8, 4) is 17.2 Å². The summed E-state index contributed by atoms with van der Waals surface area (Å²) in [5, 5.41) is 6.54. The third kappa shape index (κ3) is 5.69. The van der Waals surface area contributed by atoms with Crippen LogP contribution < -0.4 is 19.2 Å². The van der Waals surface area contributed by atoms with Gasteiger partial charge in [0, 0.05) is 5.02 Å². The lowest BCUT2D eigenvalue weighted by Crippen LogP contribution is -2.21. The molecule has 3 aromatic rings. The van der Waals surface area contributed by atoms with Crippen LogP contribution in [0.15, 0.2) is 75.8 Å². The van der Waals surface area contributed by atoms with Gasteiger partial charge in [-0.15, -0.1) is 0 Å². The Kier molecular flexibility index (Phi) is 7.78. The standard InChI is InChI=1S/C27H24BrClN2O4/c1-17-13-21(9-10-24(17)29)34-11-12-35-26-23(28)15-19(16-25(26)33-3)14-22-18(2)30-31(27(22)32)20-7-5-4-6-8-20/h4-10,13-16H,11-12H2,1-3H3/b22-14+. The van der Waals surface area contributed by atoms with E-state index in [4.69, 9.17) is 25.8 Å². The third-order valence-corrected chi connectivity index (χ3v) is 6.37. The molecule has 3 aromatic carbocycles. The van der Waals surface area contributed by atoms with Gasteiger partial charge in [0.15, 0.2) is 11.5 Å². The van der Waals surface area contributed by atoms with Gasteiger partial charge in [0.25, 0.3) is 5.91 Å². The Morgan fingerprint density at radius 1 is 1.03 bits per heavy atom. The van der Waals surface area contributed by atoms with Crippen molar-refractivity contribution in [1.82, 2.24) is 0 Å². The van der Waals surface area contributed by atoms with Crippen molar-refractivity contribution in [1.29, 1.82) is 0 Å². The van der Waals surface area contributed by atoms with E-state index >= 15 is 0 Å². The first-order valence-electron chi connectivity index (χ1n) is 10.9. The minimum absolute atomic E-state index is 0.182. The van der Waals surface area contributed by atoms with E-state index in [1.807, 2.05) is 68.4 Å². The number of para-hydroxylation sites is 1. The van der Waals surface area contributed by atoms with Gasteiger partial charge in [0.05, 0.1) is 28.6 Å². The van der Waals surface area contributed by atoms with E-state index < -0.39 is 0 Å². The summed E-state index contributed by atoms with van der Waals surface area (Å²) in [5.74, 6) is 1.64. The average Bonchev–Trinajstić information content (AvgIpc) is 3.13. The van der Waals surface area contributed by atoms with Crippen molar-refractivity contribution in [2.75, 3.05) is 25.3 Å². The number of carbonyl (C=O) groups excluding carboxylic acids is 1. The number of benzene rings is 3. The van der Waals surface area contributed by atoms with Gasteiger partial charge in [0.1, 0.15) is 19.0 Å². The van der Waals surface area contributed by atoms with Gasteiger partial charge in [-0.05, 0) is 89.4 Å². The van der Waals surface area contributed by atoms with Crippen molar-refractivity contribution >= 4 is 50.9 Å². The van der Waals surface area contributed by atoms with Crippen molar-refractivity contribution in [3.63, 3.8) is 0 Å². The van der Waals surface area contributed by atoms with E-state index in [0.717, 1.165) is 22.6 Å². The highest BCUT2D eigenvalue weighted by Crippen LogP contribution is 2.38. The molecule has 4 rings (SSSR count). The Hall–Kier alpha value is -3.29. The molecule has 35 heavy (non-hydrogen) atoms. The Labute approximate surface area is 217 Å². The van der Waals surface area contributed by atoms with Gasteiger partial charge in [0.2, 0.25) is 0 Å². The molecule has 0 bridgehead atoms. The van der Waals surface area contributed by atoms with Crippen molar-refractivity contribution in [2.24, 2.45) is 5.10 Å². The summed E-state index contributed by atoms with van der Waals surface area (Å²) in [6.45, 7) is 4.41. The van der Waals surface area contributed by atoms with Gasteiger partial charge in [-0.3, -0.25) is 4.79 Å². The normalized spacial score (nSPS) is 14.3. The van der Waals surface area contributed by atoms with E-state index in [2.05, 4.69) is 21.0 Å². The molecule has 6 nitrogen and oxygen atoms in total. The summed E-state index contributed by atoms with van der Waals surface area (Å²) < 4.78 is 17.9. The molecule has 0 spiro atoms. The number of aryl methyl sites for hydroxylation is 1. The predicted molar refractivity (Wildman–Crippen MR) is 143 cm³/mol. The lowest BCUT2D eigenvalue weighted by molar-refractivity contribution is -0.114. The smallest absolute Gasteiger partial charge is 0.280 e. The number of nitrogens with zero attached hydrogens (tertiary/aromatic N) is 2. The molecular formula is C27H24BrClN2O4. The summed E-state index contributed by atoms with van der Waals surface area (Å²) in [5.41, 5.74) is 3.61. The molecule has 0 fully saturated rings. The van der Waals surface area contributed by atoms with Crippen LogP contribution in [0.5, 0.6) is 17.2 Å². The maximum absolute atomic E-state index is 13.0.